The standard InChI is InChI=1S/C10H7F3N2O/c1-6-5-15-9(16-6)7-3-2-4-14-8(7)10(11,12)13/h2-5H,1H3. The van der Waals surface area contributed by atoms with Crippen LogP contribution in [0.15, 0.2) is 28.9 Å². The van der Waals surface area contributed by atoms with Gasteiger partial charge in [-0.05, 0) is 19.1 Å². The summed E-state index contributed by atoms with van der Waals surface area (Å²) in [4.78, 5) is 7.06. The van der Waals surface area contributed by atoms with Gasteiger partial charge in [0.15, 0.2) is 5.69 Å². The molecule has 16 heavy (non-hydrogen) atoms. The van der Waals surface area contributed by atoms with E-state index in [0.29, 0.717) is 5.76 Å². The summed E-state index contributed by atoms with van der Waals surface area (Å²) in [6, 6.07) is 2.69. The van der Waals surface area contributed by atoms with Crippen molar-refractivity contribution in [3.05, 3.63) is 36.0 Å². The average Bonchev–Trinajstić information content (AvgIpc) is 2.64. The van der Waals surface area contributed by atoms with Crippen molar-refractivity contribution < 1.29 is 17.6 Å². The van der Waals surface area contributed by atoms with E-state index in [0.717, 1.165) is 6.20 Å². The molecule has 2 heterocycles. The number of nitrogens with zero attached hydrogens (tertiary/aromatic N) is 2. The first-order valence-electron chi connectivity index (χ1n) is 4.43. The lowest BCUT2D eigenvalue weighted by molar-refractivity contribution is -0.140. The first-order valence-corrected chi connectivity index (χ1v) is 4.43. The average molecular weight is 228 g/mol. The lowest BCUT2D eigenvalue weighted by Crippen LogP contribution is -2.09. The van der Waals surface area contributed by atoms with Crippen molar-refractivity contribution in [2.75, 3.05) is 0 Å². The zero-order valence-corrected chi connectivity index (χ0v) is 8.25. The Morgan fingerprint density at radius 2 is 2.00 bits per heavy atom. The molecule has 0 amide bonds. The molecule has 2 aromatic rings. The number of oxazole rings is 1. The third-order valence-corrected chi connectivity index (χ3v) is 1.93. The van der Waals surface area contributed by atoms with Crippen molar-refractivity contribution in [2.24, 2.45) is 0 Å². The molecule has 84 valence electrons. The number of hydrogen-bond donors (Lipinski definition) is 0. The minimum Gasteiger partial charge on any atom is -0.441 e. The number of rotatable bonds is 1. The Kier molecular flexibility index (Phi) is 2.41. The van der Waals surface area contributed by atoms with Crippen molar-refractivity contribution in [3.63, 3.8) is 0 Å². The largest absolute Gasteiger partial charge is 0.441 e. The number of hydrogen-bond acceptors (Lipinski definition) is 3. The molecule has 2 rings (SSSR count). The SMILES string of the molecule is Cc1cnc(-c2cccnc2C(F)(F)F)o1. The second-order valence-electron chi connectivity index (χ2n) is 3.17. The summed E-state index contributed by atoms with van der Waals surface area (Å²) < 4.78 is 42.9. The maximum Gasteiger partial charge on any atom is 0.434 e. The Hall–Kier alpha value is -1.85. The van der Waals surface area contributed by atoms with Gasteiger partial charge < -0.3 is 4.42 Å². The third kappa shape index (κ3) is 1.91. The van der Waals surface area contributed by atoms with Crippen LogP contribution in [0.3, 0.4) is 0 Å². The zero-order chi connectivity index (χ0) is 11.8. The summed E-state index contributed by atoms with van der Waals surface area (Å²) >= 11 is 0. The van der Waals surface area contributed by atoms with Crippen LogP contribution in [0.2, 0.25) is 0 Å². The van der Waals surface area contributed by atoms with Crippen molar-refractivity contribution in [3.8, 4) is 11.5 Å². The van der Waals surface area contributed by atoms with Crippen LogP contribution in [0.25, 0.3) is 11.5 Å². The monoisotopic (exact) mass is 228 g/mol. The first kappa shape index (κ1) is 10.7. The predicted octanol–water partition coefficient (Wildman–Crippen LogP) is 3.06. The highest BCUT2D eigenvalue weighted by Gasteiger charge is 2.36. The van der Waals surface area contributed by atoms with Gasteiger partial charge in [-0.3, -0.25) is 4.98 Å². The maximum atomic E-state index is 12.6. The number of aromatic nitrogens is 2. The van der Waals surface area contributed by atoms with Gasteiger partial charge in [-0.15, -0.1) is 0 Å². The van der Waals surface area contributed by atoms with Crippen LogP contribution < -0.4 is 0 Å². The summed E-state index contributed by atoms with van der Waals surface area (Å²) in [6.07, 6.45) is -2.07. The molecule has 0 bridgehead atoms. The van der Waals surface area contributed by atoms with Crippen LogP contribution in [-0.4, -0.2) is 9.97 Å². The van der Waals surface area contributed by atoms with Crippen LogP contribution in [-0.2, 0) is 6.18 Å². The highest BCUT2D eigenvalue weighted by molar-refractivity contribution is 5.57. The van der Waals surface area contributed by atoms with Gasteiger partial charge in [-0.25, -0.2) is 4.98 Å². The Balaban J connectivity index is 2.57. The van der Waals surface area contributed by atoms with E-state index in [2.05, 4.69) is 9.97 Å². The number of pyridine rings is 1. The van der Waals surface area contributed by atoms with Gasteiger partial charge in [0, 0.05) is 6.20 Å². The van der Waals surface area contributed by atoms with E-state index >= 15 is 0 Å². The molecule has 0 spiro atoms. The molecule has 0 fully saturated rings. The number of aryl methyl sites for hydroxylation is 1. The van der Waals surface area contributed by atoms with Crippen LogP contribution in [0.1, 0.15) is 11.5 Å². The van der Waals surface area contributed by atoms with E-state index in [1.165, 1.54) is 18.3 Å². The van der Waals surface area contributed by atoms with E-state index < -0.39 is 11.9 Å². The molecule has 0 aliphatic carbocycles. The molecule has 0 unspecified atom stereocenters. The molecule has 6 heteroatoms. The molecule has 0 aliphatic rings. The van der Waals surface area contributed by atoms with E-state index in [9.17, 15) is 13.2 Å². The minimum atomic E-state index is -4.51. The summed E-state index contributed by atoms with van der Waals surface area (Å²) in [5.74, 6) is 0.380. The normalized spacial score (nSPS) is 11.8. The molecule has 0 saturated heterocycles. The zero-order valence-electron chi connectivity index (χ0n) is 8.25. The molecule has 0 saturated carbocycles. The van der Waals surface area contributed by atoms with Gasteiger partial charge in [-0.2, -0.15) is 13.2 Å². The van der Waals surface area contributed by atoms with Crippen LogP contribution in [0, 0.1) is 6.92 Å². The smallest absolute Gasteiger partial charge is 0.434 e. The number of alkyl halides is 3. The van der Waals surface area contributed by atoms with Gasteiger partial charge in [0.2, 0.25) is 5.89 Å². The van der Waals surface area contributed by atoms with Crippen molar-refractivity contribution >= 4 is 0 Å². The molecule has 0 atom stereocenters. The molecule has 3 nitrogen and oxygen atoms in total. The minimum absolute atomic E-state index is 0.0714. The molecule has 0 N–H and O–H groups in total. The second kappa shape index (κ2) is 3.62. The van der Waals surface area contributed by atoms with Crippen LogP contribution in [0.5, 0.6) is 0 Å². The fourth-order valence-electron chi connectivity index (χ4n) is 1.28. The van der Waals surface area contributed by atoms with Gasteiger partial charge in [0.05, 0.1) is 11.8 Å². The van der Waals surface area contributed by atoms with Gasteiger partial charge >= 0.3 is 6.18 Å². The summed E-state index contributed by atoms with van der Waals surface area (Å²) in [6.45, 7) is 1.61. The second-order valence-corrected chi connectivity index (χ2v) is 3.17. The fourth-order valence-corrected chi connectivity index (χ4v) is 1.28. The quantitative estimate of drug-likeness (QED) is 0.752. The molecule has 2 aromatic heterocycles. The topological polar surface area (TPSA) is 38.9 Å². The number of halogens is 3. The van der Waals surface area contributed by atoms with E-state index in [4.69, 9.17) is 4.42 Å². The van der Waals surface area contributed by atoms with Gasteiger partial charge in [0.25, 0.3) is 0 Å². The Morgan fingerprint density at radius 1 is 1.25 bits per heavy atom. The fraction of sp³-hybridized carbons (Fsp3) is 0.200. The summed E-state index contributed by atoms with van der Waals surface area (Å²) in [7, 11) is 0. The molecule has 0 radical (unpaired) electrons. The van der Waals surface area contributed by atoms with E-state index in [1.54, 1.807) is 6.92 Å². The predicted molar refractivity (Wildman–Crippen MR) is 49.5 cm³/mol. The van der Waals surface area contributed by atoms with Crippen molar-refractivity contribution in [2.45, 2.75) is 13.1 Å². The molecular weight excluding hydrogens is 221 g/mol. The Bertz CT molecular complexity index is 505. The molecular formula is C10H7F3N2O. The van der Waals surface area contributed by atoms with E-state index in [-0.39, 0.29) is 11.5 Å². The lowest BCUT2D eigenvalue weighted by atomic mass is 10.2. The van der Waals surface area contributed by atoms with Crippen molar-refractivity contribution in [1.82, 2.24) is 9.97 Å². The Morgan fingerprint density at radius 3 is 2.56 bits per heavy atom. The van der Waals surface area contributed by atoms with E-state index in [1.807, 2.05) is 0 Å². The van der Waals surface area contributed by atoms with Gasteiger partial charge in [0.1, 0.15) is 5.76 Å². The lowest BCUT2D eigenvalue weighted by Gasteiger charge is -2.08. The molecule has 0 aromatic carbocycles. The highest BCUT2D eigenvalue weighted by atomic mass is 19.4. The Labute approximate surface area is 88.9 Å². The van der Waals surface area contributed by atoms with Crippen LogP contribution >= 0.6 is 0 Å². The highest BCUT2D eigenvalue weighted by Crippen LogP contribution is 2.34. The first-order chi connectivity index (χ1) is 7.48. The molecule has 0 aliphatic heterocycles. The summed E-state index contributed by atoms with van der Waals surface area (Å²) in [5.41, 5.74) is -1.14. The summed E-state index contributed by atoms with van der Waals surface area (Å²) in [5, 5.41) is 0. The van der Waals surface area contributed by atoms with Gasteiger partial charge in [-0.1, -0.05) is 0 Å². The third-order valence-electron chi connectivity index (χ3n) is 1.93. The van der Waals surface area contributed by atoms with Crippen molar-refractivity contribution in [1.29, 1.82) is 0 Å². The van der Waals surface area contributed by atoms with Crippen LogP contribution in [0.4, 0.5) is 13.2 Å². The maximum absolute atomic E-state index is 12.6.